The van der Waals surface area contributed by atoms with Crippen LogP contribution >= 0.6 is 11.8 Å². The highest BCUT2D eigenvalue weighted by Crippen LogP contribution is 2.48. The second-order valence-electron chi connectivity index (χ2n) is 7.57. The van der Waals surface area contributed by atoms with Crippen LogP contribution in [0.3, 0.4) is 0 Å². The van der Waals surface area contributed by atoms with Gasteiger partial charge < -0.3 is 14.4 Å². The van der Waals surface area contributed by atoms with Crippen molar-refractivity contribution in [3.63, 3.8) is 0 Å². The van der Waals surface area contributed by atoms with Crippen molar-refractivity contribution in [1.29, 1.82) is 0 Å². The number of amides is 1. The molecule has 1 fully saturated rings. The first-order valence-electron chi connectivity index (χ1n) is 10.0. The molecular weight excluding hydrogens is 408 g/mol. The Morgan fingerprint density at radius 2 is 2.03 bits per heavy atom. The summed E-state index contributed by atoms with van der Waals surface area (Å²) < 4.78 is 10.8. The summed E-state index contributed by atoms with van der Waals surface area (Å²) in [6.45, 7) is 7.16. The van der Waals surface area contributed by atoms with Crippen molar-refractivity contribution in [3.8, 4) is 0 Å². The quantitative estimate of drug-likeness (QED) is 0.183. The average molecular weight is 435 g/mol. The maximum atomic E-state index is 12.9. The minimum Gasteiger partial charge on any atom is -0.456 e. The Hall–Kier alpha value is -2.39. The first kappa shape index (κ1) is 22.3. The molecule has 0 spiro atoms. The zero-order valence-corrected chi connectivity index (χ0v) is 18.1. The fourth-order valence-electron chi connectivity index (χ4n) is 3.85. The van der Waals surface area contributed by atoms with Crippen molar-refractivity contribution in [2.75, 3.05) is 19.0 Å². The number of nitro groups is 1. The third-order valence-corrected chi connectivity index (χ3v) is 6.38. The van der Waals surface area contributed by atoms with E-state index in [1.165, 1.54) is 23.9 Å². The number of hydrogen-bond acceptors (Lipinski definition) is 7. The van der Waals surface area contributed by atoms with Gasteiger partial charge >= 0.3 is 5.97 Å². The van der Waals surface area contributed by atoms with Crippen LogP contribution in [0.4, 0.5) is 5.69 Å². The summed E-state index contributed by atoms with van der Waals surface area (Å²) in [5.41, 5.74) is 0.959. The number of carbonyl (C=O) groups excluding carboxylic acids is 2. The lowest BCUT2D eigenvalue weighted by molar-refractivity contribution is -0.384. The Bertz CT molecular complexity index is 852. The number of nitrogens with zero attached hydrogens (tertiary/aromatic N) is 2. The van der Waals surface area contributed by atoms with Crippen LogP contribution in [0.2, 0.25) is 0 Å². The monoisotopic (exact) mass is 434 g/mol. The maximum absolute atomic E-state index is 12.9. The lowest BCUT2D eigenvalue weighted by Crippen LogP contribution is -2.60. The number of β-lactam (4-membered cyclic amide) rings is 1. The van der Waals surface area contributed by atoms with Gasteiger partial charge in [-0.15, -0.1) is 11.8 Å². The molecule has 8 nitrogen and oxygen atoms in total. The largest absolute Gasteiger partial charge is 0.456 e. The van der Waals surface area contributed by atoms with Gasteiger partial charge in [-0.2, -0.15) is 0 Å². The van der Waals surface area contributed by atoms with Gasteiger partial charge in [-0.3, -0.25) is 14.9 Å². The van der Waals surface area contributed by atoms with Crippen molar-refractivity contribution < 1.29 is 24.0 Å². The molecule has 2 unspecified atom stereocenters. The van der Waals surface area contributed by atoms with E-state index < -0.39 is 10.9 Å². The third-order valence-electron chi connectivity index (χ3n) is 5.31. The number of ether oxygens (including phenoxy) is 2. The van der Waals surface area contributed by atoms with Gasteiger partial charge in [-0.1, -0.05) is 13.8 Å². The molecular formula is C21H26N2O6S. The van der Waals surface area contributed by atoms with E-state index in [4.69, 9.17) is 9.47 Å². The van der Waals surface area contributed by atoms with Crippen LogP contribution in [-0.4, -0.2) is 46.7 Å². The van der Waals surface area contributed by atoms with E-state index in [0.29, 0.717) is 36.6 Å². The molecule has 2 atom stereocenters. The second kappa shape index (κ2) is 9.61. The SMILES string of the molecule is CCOCCSC1=C(C(=O)OCc2ccc([N+](=O)[O-])cc2)N2C(=O)C(C(C)C)C2C1. The third kappa shape index (κ3) is 4.52. The van der Waals surface area contributed by atoms with E-state index >= 15 is 0 Å². The van der Waals surface area contributed by atoms with E-state index in [-0.39, 0.29) is 36.1 Å². The fourth-order valence-corrected chi connectivity index (χ4v) is 4.91. The molecule has 30 heavy (non-hydrogen) atoms. The number of fused-ring (bicyclic) bond motifs is 1. The van der Waals surface area contributed by atoms with Gasteiger partial charge in [-0.05, 0) is 30.5 Å². The predicted octanol–water partition coefficient (Wildman–Crippen LogP) is 3.51. The molecule has 3 rings (SSSR count). The number of nitro benzene ring substituents is 1. The van der Waals surface area contributed by atoms with Gasteiger partial charge in [0.2, 0.25) is 5.91 Å². The molecule has 0 N–H and O–H groups in total. The molecule has 0 bridgehead atoms. The van der Waals surface area contributed by atoms with Crippen LogP contribution in [0, 0.1) is 22.0 Å². The minimum absolute atomic E-state index is 0.00835. The second-order valence-corrected chi connectivity index (χ2v) is 8.76. The first-order valence-corrected chi connectivity index (χ1v) is 11.0. The summed E-state index contributed by atoms with van der Waals surface area (Å²) in [5.74, 6) is 0.267. The number of rotatable bonds is 10. The summed E-state index contributed by atoms with van der Waals surface area (Å²) in [6.07, 6.45) is 0.660. The summed E-state index contributed by atoms with van der Waals surface area (Å²) >= 11 is 1.54. The van der Waals surface area contributed by atoms with Crippen molar-refractivity contribution in [3.05, 3.63) is 50.5 Å². The predicted molar refractivity (Wildman–Crippen MR) is 112 cm³/mol. The highest BCUT2D eigenvalue weighted by molar-refractivity contribution is 8.03. The molecule has 0 aromatic heterocycles. The smallest absolute Gasteiger partial charge is 0.356 e. The summed E-state index contributed by atoms with van der Waals surface area (Å²) in [4.78, 5) is 38.3. The van der Waals surface area contributed by atoms with Crippen LogP contribution < -0.4 is 0 Å². The summed E-state index contributed by atoms with van der Waals surface area (Å²) in [7, 11) is 0. The van der Waals surface area contributed by atoms with E-state index in [0.717, 1.165) is 4.91 Å². The van der Waals surface area contributed by atoms with Crippen molar-refractivity contribution in [2.24, 2.45) is 11.8 Å². The number of non-ortho nitro benzene ring substituents is 1. The van der Waals surface area contributed by atoms with E-state index in [1.807, 2.05) is 20.8 Å². The van der Waals surface area contributed by atoms with Crippen LogP contribution in [-0.2, 0) is 25.7 Å². The summed E-state index contributed by atoms with van der Waals surface area (Å²) in [5, 5.41) is 10.8. The number of carbonyl (C=O) groups is 2. The van der Waals surface area contributed by atoms with Gasteiger partial charge in [0, 0.05) is 35.8 Å². The van der Waals surface area contributed by atoms with E-state index in [9.17, 15) is 19.7 Å². The van der Waals surface area contributed by atoms with Gasteiger partial charge in [0.15, 0.2) is 0 Å². The molecule has 1 saturated heterocycles. The normalized spacial score (nSPS) is 20.4. The van der Waals surface area contributed by atoms with Crippen molar-refractivity contribution >= 4 is 29.3 Å². The van der Waals surface area contributed by atoms with Gasteiger partial charge in [0.25, 0.3) is 5.69 Å². The van der Waals surface area contributed by atoms with Crippen molar-refractivity contribution in [1.82, 2.24) is 4.90 Å². The molecule has 0 aliphatic carbocycles. The Kier molecular flexibility index (Phi) is 7.14. The molecule has 2 heterocycles. The molecule has 0 radical (unpaired) electrons. The summed E-state index contributed by atoms with van der Waals surface area (Å²) in [6, 6.07) is 5.86. The van der Waals surface area contributed by atoms with Crippen LogP contribution in [0.15, 0.2) is 34.9 Å². The van der Waals surface area contributed by atoms with Crippen LogP contribution in [0.5, 0.6) is 0 Å². The molecule has 162 valence electrons. The van der Waals surface area contributed by atoms with Crippen LogP contribution in [0.1, 0.15) is 32.8 Å². The first-order chi connectivity index (χ1) is 14.3. The molecule has 2 aliphatic heterocycles. The highest BCUT2D eigenvalue weighted by Gasteiger charge is 2.56. The Labute approximate surface area is 179 Å². The number of benzene rings is 1. The number of thioether (sulfide) groups is 1. The molecule has 2 aliphatic rings. The molecule has 1 amide bonds. The lowest BCUT2D eigenvalue weighted by Gasteiger charge is -2.45. The van der Waals surface area contributed by atoms with Crippen LogP contribution in [0.25, 0.3) is 0 Å². The van der Waals surface area contributed by atoms with E-state index in [1.54, 1.807) is 17.0 Å². The minimum atomic E-state index is -0.537. The Morgan fingerprint density at radius 1 is 1.33 bits per heavy atom. The molecule has 0 saturated carbocycles. The average Bonchev–Trinajstić information content (AvgIpc) is 3.03. The number of hydrogen-bond donors (Lipinski definition) is 0. The zero-order chi connectivity index (χ0) is 21.8. The molecule has 1 aromatic rings. The molecule has 9 heteroatoms. The van der Waals surface area contributed by atoms with Crippen molar-refractivity contribution in [2.45, 2.75) is 39.8 Å². The van der Waals surface area contributed by atoms with Gasteiger partial charge in [0.1, 0.15) is 12.3 Å². The molecule has 1 aromatic carbocycles. The Balaban J connectivity index is 1.70. The standard InChI is InChI=1S/C21H26N2O6S/c1-4-28-9-10-30-17-11-16-18(13(2)3)20(24)22(16)19(17)21(25)29-12-14-5-7-15(8-6-14)23(26)27/h5-8,13,16,18H,4,9-12H2,1-3H3. The highest BCUT2D eigenvalue weighted by atomic mass is 32.2. The van der Waals surface area contributed by atoms with Gasteiger partial charge in [-0.25, -0.2) is 4.79 Å². The lowest BCUT2D eigenvalue weighted by atomic mass is 9.79. The van der Waals surface area contributed by atoms with Gasteiger partial charge in [0.05, 0.1) is 23.5 Å². The zero-order valence-electron chi connectivity index (χ0n) is 17.3. The Morgan fingerprint density at radius 3 is 2.63 bits per heavy atom. The maximum Gasteiger partial charge on any atom is 0.356 e. The number of esters is 1. The fraction of sp³-hybridized carbons (Fsp3) is 0.524. The van der Waals surface area contributed by atoms with E-state index in [2.05, 4.69) is 0 Å². The topological polar surface area (TPSA) is 99.0 Å².